The molecule has 0 radical (unpaired) electrons. The lowest BCUT2D eigenvalue weighted by atomic mass is 10.1. The number of anilines is 1. The van der Waals surface area contributed by atoms with Gasteiger partial charge in [0.2, 0.25) is 5.95 Å². The molecule has 0 atom stereocenters. The van der Waals surface area contributed by atoms with Crippen molar-refractivity contribution >= 4 is 23.2 Å². The topological polar surface area (TPSA) is 92.8 Å². The highest BCUT2D eigenvalue weighted by Crippen LogP contribution is 2.32. The van der Waals surface area contributed by atoms with Crippen molar-refractivity contribution in [1.29, 1.82) is 0 Å². The first-order valence-electron chi connectivity index (χ1n) is 9.73. The number of nitrogens with zero attached hydrogens (tertiary/aromatic N) is 3. The van der Waals surface area contributed by atoms with Crippen molar-refractivity contribution in [3.05, 3.63) is 76.6 Å². The molecule has 0 aliphatic carbocycles. The SMILES string of the molecule is O=C(Nc1n[nH]c(CCc2ccccc2)n1)c1csc(-c2ccc3c(c2)CCO3)n1. The fourth-order valence-corrected chi connectivity index (χ4v) is 4.16. The molecule has 2 aromatic carbocycles. The van der Waals surface area contributed by atoms with E-state index in [1.165, 1.54) is 22.5 Å². The number of fused-ring (bicyclic) bond motifs is 1. The lowest BCUT2D eigenvalue weighted by Gasteiger charge is -2.01. The molecule has 5 rings (SSSR count). The molecule has 7 nitrogen and oxygen atoms in total. The number of carbonyl (C=O) groups excluding carboxylic acids is 1. The van der Waals surface area contributed by atoms with Gasteiger partial charge in [-0.2, -0.15) is 4.98 Å². The van der Waals surface area contributed by atoms with E-state index in [9.17, 15) is 4.79 Å². The minimum absolute atomic E-state index is 0.257. The quantitative estimate of drug-likeness (QED) is 0.496. The van der Waals surface area contributed by atoms with Crippen molar-refractivity contribution in [2.24, 2.45) is 0 Å². The standard InChI is InChI=1S/C22H19N5O2S/c28-20(25-22-24-19(26-27-22)9-6-14-4-2-1-3-5-14)17-13-30-21(23-17)16-7-8-18-15(12-16)10-11-29-18/h1-5,7-8,12-13H,6,9-11H2,(H2,24,25,26,27,28). The van der Waals surface area contributed by atoms with Gasteiger partial charge in [-0.15, -0.1) is 16.4 Å². The lowest BCUT2D eigenvalue weighted by Crippen LogP contribution is -2.13. The minimum Gasteiger partial charge on any atom is -0.493 e. The zero-order chi connectivity index (χ0) is 20.3. The first kappa shape index (κ1) is 18.5. The average molecular weight is 417 g/mol. The van der Waals surface area contributed by atoms with Crippen molar-refractivity contribution in [3.8, 4) is 16.3 Å². The van der Waals surface area contributed by atoms with Crippen LogP contribution in [0.3, 0.4) is 0 Å². The van der Waals surface area contributed by atoms with Gasteiger partial charge in [0.15, 0.2) is 0 Å². The summed E-state index contributed by atoms with van der Waals surface area (Å²) in [7, 11) is 0. The first-order valence-corrected chi connectivity index (χ1v) is 10.6. The van der Waals surface area contributed by atoms with Crippen molar-refractivity contribution in [1.82, 2.24) is 20.2 Å². The van der Waals surface area contributed by atoms with E-state index in [1.54, 1.807) is 5.38 Å². The number of aromatic amines is 1. The summed E-state index contributed by atoms with van der Waals surface area (Å²) in [6, 6.07) is 16.2. The lowest BCUT2D eigenvalue weighted by molar-refractivity contribution is 0.102. The third kappa shape index (κ3) is 3.95. The van der Waals surface area contributed by atoms with E-state index in [-0.39, 0.29) is 11.9 Å². The Morgan fingerprint density at radius 3 is 2.93 bits per heavy atom. The van der Waals surface area contributed by atoms with E-state index in [2.05, 4.69) is 43.7 Å². The van der Waals surface area contributed by atoms with E-state index >= 15 is 0 Å². The van der Waals surface area contributed by atoms with Gasteiger partial charge in [-0.3, -0.25) is 15.2 Å². The van der Waals surface area contributed by atoms with Crippen LogP contribution in [0.15, 0.2) is 53.9 Å². The van der Waals surface area contributed by atoms with Gasteiger partial charge in [-0.25, -0.2) is 4.98 Å². The average Bonchev–Trinajstić information content (AvgIpc) is 3.53. The van der Waals surface area contributed by atoms with Gasteiger partial charge in [-0.1, -0.05) is 30.3 Å². The number of amides is 1. The maximum atomic E-state index is 12.6. The minimum atomic E-state index is -0.324. The number of H-pyrrole nitrogens is 1. The van der Waals surface area contributed by atoms with Crippen molar-refractivity contribution in [2.75, 3.05) is 11.9 Å². The van der Waals surface area contributed by atoms with Gasteiger partial charge in [0.1, 0.15) is 22.3 Å². The molecule has 1 aliphatic rings. The summed E-state index contributed by atoms with van der Waals surface area (Å²) in [4.78, 5) is 21.4. The van der Waals surface area contributed by atoms with E-state index in [0.29, 0.717) is 12.3 Å². The van der Waals surface area contributed by atoms with Crippen LogP contribution in [0.5, 0.6) is 5.75 Å². The Bertz CT molecular complexity index is 1190. The van der Waals surface area contributed by atoms with E-state index < -0.39 is 0 Å². The Morgan fingerprint density at radius 1 is 1.13 bits per heavy atom. The number of hydrogen-bond acceptors (Lipinski definition) is 6. The van der Waals surface area contributed by atoms with Crippen LogP contribution in [0.2, 0.25) is 0 Å². The number of aromatic nitrogens is 4. The molecule has 0 saturated carbocycles. The molecule has 0 unspecified atom stereocenters. The van der Waals surface area contributed by atoms with Gasteiger partial charge in [0.05, 0.1) is 6.61 Å². The summed E-state index contributed by atoms with van der Waals surface area (Å²) in [5, 5.41) is 12.2. The fourth-order valence-electron chi connectivity index (χ4n) is 3.37. The van der Waals surface area contributed by atoms with E-state index in [1.807, 2.05) is 30.3 Å². The van der Waals surface area contributed by atoms with Crippen molar-refractivity contribution < 1.29 is 9.53 Å². The van der Waals surface area contributed by atoms with Gasteiger partial charge in [0, 0.05) is 23.8 Å². The molecular weight excluding hydrogens is 398 g/mol. The van der Waals surface area contributed by atoms with E-state index in [4.69, 9.17) is 4.74 Å². The highest BCUT2D eigenvalue weighted by atomic mass is 32.1. The van der Waals surface area contributed by atoms with Gasteiger partial charge < -0.3 is 4.74 Å². The molecule has 30 heavy (non-hydrogen) atoms. The predicted molar refractivity (Wildman–Crippen MR) is 115 cm³/mol. The highest BCUT2D eigenvalue weighted by Gasteiger charge is 2.17. The molecule has 8 heteroatoms. The molecule has 2 N–H and O–H groups in total. The maximum Gasteiger partial charge on any atom is 0.277 e. The van der Waals surface area contributed by atoms with Crippen LogP contribution in [-0.2, 0) is 19.3 Å². The summed E-state index contributed by atoms with van der Waals surface area (Å²) in [5.74, 6) is 1.59. The molecule has 0 bridgehead atoms. The Morgan fingerprint density at radius 2 is 2.03 bits per heavy atom. The van der Waals surface area contributed by atoms with Crippen LogP contribution < -0.4 is 10.1 Å². The second-order valence-corrected chi connectivity index (χ2v) is 7.86. The van der Waals surface area contributed by atoms with Gasteiger partial charge >= 0.3 is 0 Å². The largest absolute Gasteiger partial charge is 0.493 e. The van der Waals surface area contributed by atoms with Crippen LogP contribution in [0, 0.1) is 0 Å². The van der Waals surface area contributed by atoms with Crippen LogP contribution in [0.1, 0.15) is 27.4 Å². The molecule has 2 aromatic heterocycles. The zero-order valence-electron chi connectivity index (χ0n) is 16.1. The summed E-state index contributed by atoms with van der Waals surface area (Å²) in [6.45, 7) is 0.717. The number of ether oxygens (including phenoxy) is 1. The smallest absolute Gasteiger partial charge is 0.277 e. The van der Waals surface area contributed by atoms with Gasteiger partial charge in [-0.05, 0) is 35.7 Å². The maximum absolute atomic E-state index is 12.6. The second kappa shape index (κ2) is 8.08. The van der Waals surface area contributed by atoms with Crippen LogP contribution in [-0.4, -0.2) is 32.7 Å². The van der Waals surface area contributed by atoms with Crippen LogP contribution >= 0.6 is 11.3 Å². The molecule has 1 amide bonds. The van der Waals surface area contributed by atoms with E-state index in [0.717, 1.165) is 41.4 Å². The molecular formula is C22H19N5O2S. The molecule has 150 valence electrons. The highest BCUT2D eigenvalue weighted by molar-refractivity contribution is 7.13. The second-order valence-electron chi connectivity index (χ2n) is 7.00. The van der Waals surface area contributed by atoms with Gasteiger partial charge in [0.25, 0.3) is 5.91 Å². The number of carbonyl (C=O) groups is 1. The number of thiazole rings is 1. The Labute approximate surface area is 177 Å². The van der Waals surface area contributed by atoms with Crippen molar-refractivity contribution in [2.45, 2.75) is 19.3 Å². The summed E-state index contributed by atoms with van der Waals surface area (Å²) < 4.78 is 5.55. The number of hydrogen-bond donors (Lipinski definition) is 2. The number of nitrogens with one attached hydrogen (secondary N) is 2. The summed E-state index contributed by atoms with van der Waals surface area (Å²) in [5.41, 5.74) is 3.75. The zero-order valence-corrected chi connectivity index (χ0v) is 16.9. The third-order valence-corrected chi connectivity index (χ3v) is 5.81. The Balaban J connectivity index is 1.23. The monoisotopic (exact) mass is 417 g/mol. The number of aryl methyl sites for hydroxylation is 2. The summed E-state index contributed by atoms with van der Waals surface area (Å²) >= 11 is 1.44. The fraction of sp³-hybridized carbons (Fsp3) is 0.182. The number of benzene rings is 2. The molecule has 1 aliphatic heterocycles. The molecule has 3 heterocycles. The molecule has 0 saturated heterocycles. The molecule has 0 spiro atoms. The predicted octanol–water partition coefficient (Wildman–Crippen LogP) is 3.90. The van der Waals surface area contributed by atoms with Crippen LogP contribution in [0.25, 0.3) is 10.6 Å². The summed E-state index contributed by atoms with van der Waals surface area (Å²) in [6.07, 6.45) is 2.47. The molecule has 4 aromatic rings. The Hall–Kier alpha value is -3.52. The van der Waals surface area contributed by atoms with Crippen LogP contribution in [0.4, 0.5) is 5.95 Å². The Kier molecular flexibility index (Phi) is 4.98. The normalized spacial score (nSPS) is 12.4. The number of rotatable bonds is 6. The van der Waals surface area contributed by atoms with Crippen molar-refractivity contribution in [3.63, 3.8) is 0 Å². The molecule has 0 fully saturated rings. The first-order chi connectivity index (χ1) is 14.7. The third-order valence-electron chi connectivity index (χ3n) is 4.92.